The quantitative estimate of drug-likeness (QED) is 0.701. The van der Waals surface area contributed by atoms with E-state index in [0.717, 1.165) is 31.4 Å². The van der Waals surface area contributed by atoms with Gasteiger partial charge in [0.1, 0.15) is 5.82 Å². The first-order chi connectivity index (χ1) is 10.2. The molecule has 0 radical (unpaired) electrons. The minimum Gasteiger partial charge on any atom is -0.313 e. The molecule has 0 amide bonds. The summed E-state index contributed by atoms with van der Waals surface area (Å²) in [5.41, 5.74) is 3.92. The second-order valence-electron chi connectivity index (χ2n) is 6.24. The molecule has 2 rings (SSSR count). The Morgan fingerprint density at radius 3 is 2.81 bits per heavy atom. The minimum absolute atomic E-state index is 0.123. The molecule has 0 fully saturated rings. The van der Waals surface area contributed by atoms with E-state index in [2.05, 4.69) is 25.2 Å². The Hall–Kier alpha value is -1.15. The van der Waals surface area contributed by atoms with Crippen LogP contribution in [0.5, 0.6) is 0 Å². The number of hydrogen-bond acceptors (Lipinski definition) is 1. The van der Waals surface area contributed by atoms with Crippen LogP contribution in [0.1, 0.15) is 56.6 Å². The van der Waals surface area contributed by atoms with Crippen LogP contribution in [0.25, 0.3) is 0 Å². The number of allylic oxidation sites excluding steroid dienone is 1. The third-order valence-corrected chi connectivity index (χ3v) is 4.35. The van der Waals surface area contributed by atoms with E-state index in [1.54, 1.807) is 17.7 Å². The Morgan fingerprint density at radius 1 is 1.24 bits per heavy atom. The lowest BCUT2D eigenvalue weighted by Gasteiger charge is -2.23. The first-order valence-corrected chi connectivity index (χ1v) is 8.35. The topological polar surface area (TPSA) is 12.0 Å². The maximum atomic E-state index is 13.5. The van der Waals surface area contributed by atoms with E-state index in [0.29, 0.717) is 6.04 Å². The fourth-order valence-corrected chi connectivity index (χ4v) is 3.10. The molecule has 1 atom stereocenters. The van der Waals surface area contributed by atoms with Crippen molar-refractivity contribution >= 4 is 0 Å². The summed E-state index contributed by atoms with van der Waals surface area (Å²) in [7, 11) is 0. The number of hydrogen-bond donors (Lipinski definition) is 1. The molecule has 0 heterocycles. The minimum atomic E-state index is -0.123. The van der Waals surface area contributed by atoms with Gasteiger partial charge in [-0.05, 0) is 81.7 Å². The molecule has 1 aromatic rings. The van der Waals surface area contributed by atoms with Crippen molar-refractivity contribution in [3.63, 3.8) is 0 Å². The number of benzene rings is 1. The maximum Gasteiger partial charge on any atom is 0.123 e. The zero-order valence-corrected chi connectivity index (χ0v) is 13.4. The SMILES string of the molecule is CCCNC(CC1=CCCCC1)Cc1cc(F)ccc1C. The Balaban J connectivity index is 2.04. The van der Waals surface area contributed by atoms with Gasteiger partial charge in [-0.15, -0.1) is 0 Å². The molecule has 1 unspecified atom stereocenters. The molecule has 0 saturated heterocycles. The molecule has 0 spiro atoms. The van der Waals surface area contributed by atoms with Crippen LogP contribution in [0.2, 0.25) is 0 Å². The summed E-state index contributed by atoms with van der Waals surface area (Å²) >= 11 is 0. The summed E-state index contributed by atoms with van der Waals surface area (Å²) in [6, 6.07) is 5.57. The molecular formula is C19H28FN. The van der Waals surface area contributed by atoms with Crippen LogP contribution < -0.4 is 5.32 Å². The van der Waals surface area contributed by atoms with Gasteiger partial charge in [-0.3, -0.25) is 0 Å². The van der Waals surface area contributed by atoms with E-state index >= 15 is 0 Å². The van der Waals surface area contributed by atoms with Crippen molar-refractivity contribution < 1.29 is 4.39 Å². The fourth-order valence-electron chi connectivity index (χ4n) is 3.10. The van der Waals surface area contributed by atoms with Crippen molar-refractivity contribution in [2.45, 2.75) is 64.8 Å². The lowest BCUT2D eigenvalue weighted by molar-refractivity contribution is 0.488. The molecule has 1 nitrogen and oxygen atoms in total. The number of halogens is 1. The van der Waals surface area contributed by atoms with E-state index in [-0.39, 0.29) is 5.82 Å². The highest BCUT2D eigenvalue weighted by Gasteiger charge is 2.14. The van der Waals surface area contributed by atoms with Crippen molar-refractivity contribution in [3.05, 3.63) is 46.8 Å². The van der Waals surface area contributed by atoms with Crippen molar-refractivity contribution in [1.29, 1.82) is 0 Å². The zero-order valence-electron chi connectivity index (χ0n) is 13.4. The summed E-state index contributed by atoms with van der Waals surface area (Å²) < 4.78 is 13.5. The predicted octanol–water partition coefficient (Wildman–Crippen LogP) is 4.94. The van der Waals surface area contributed by atoms with Gasteiger partial charge in [0, 0.05) is 6.04 Å². The van der Waals surface area contributed by atoms with E-state index in [1.165, 1.54) is 31.2 Å². The maximum absolute atomic E-state index is 13.5. The summed E-state index contributed by atoms with van der Waals surface area (Å²) in [5, 5.41) is 3.65. The molecule has 1 N–H and O–H groups in total. The molecule has 21 heavy (non-hydrogen) atoms. The van der Waals surface area contributed by atoms with Crippen molar-refractivity contribution in [2.75, 3.05) is 6.54 Å². The van der Waals surface area contributed by atoms with Crippen molar-refractivity contribution in [3.8, 4) is 0 Å². The van der Waals surface area contributed by atoms with Crippen LogP contribution in [0.3, 0.4) is 0 Å². The highest BCUT2D eigenvalue weighted by molar-refractivity contribution is 5.27. The lowest BCUT2D eigenvalue weighted by Crippen LogP contribution is -2.32. The predicted molar refractivity (Wildman–Crippen MR) is 88.1 cm³/mol. The highest BCUT2D eigenvalue weighted by atomic mass is 19.1. The van der Waals surface area contributed by atoms with Gasteiger partial charge < -0.3 is 5.32 Å². The molecule has 2 heteroatoms. The molecule has 0 bridgehead atoms. The van der Waals surface area contributed by atoms with E-state index < -0.39 is 0 Å². The van der Waals surface area contributed by atoms with Gasteiger partial charge in [0.2, 0.25) is 0 Å². The Bertz CT molecular complexity index is 478. The van der Waals surface area contributed by atoms with Gasteiger partial charge in [0.15, 0.2) is 0 Å². The second-order valence-corrected chi connectivity index (χ2v) is 6.24. The second kappa shape index (κ2) is 8.33. The highest BCUT2D eigenvalue weighted by Crippen LogP contribution is 2.23. The average molecular weight is 289 g/mol. The third-order valence-electron chi connectivity index (χ3n) is 4.35. The average Bonchev–Trinajstić information content (AvgIpc) is 2.49. The van der Waals surface area contributed by atoms with Crippen LogP contribution in [0, 0.1) is 12.7 Å². The van der Waals surface area contributed by atoms with E-state index in [4.69, 9.17) is 0 Å². The van der Waals surface area contributed by atoms with Gasteiger partial charge in [0.25, 0.3) is 0 Å². The van der Waals surface area contributed by atoms with E-state index in [9.17, 15) is 4.39 Å². The van der Waals surface area contributed by atoms with Gasteiger partial charge in [-0.2, -0.15) is 0 Å². The monoisotopic (exact) mass is 289 g/mol. The van der Waals surface area contributed by atoms with Gasteiger partial charge >= 0.3 is 0 Å². The summed E-state index contributed by atoms with van der Waals surface area (Å²) in [4.78, 5) is 0. The molecule has 0 aromatic heterocycles. The largest absolute Gasteiger partial charge is 0.313 e. The standard InChI is InChI=1S/C19H28FN/c1-3-11-21-19(12-16-7-5-4-6-8-16)14-17-13-18(20)10-9-15(17)2/h7,9-10,13,19,21H,3-6,8,11-12,14H2,1-2H3. The molecule has 1 aromatic carbocycles. The van der Waals surface area contributed by atoms with Crippen LogP contribution >= 0.6 is 0 Å². The van der Waals surface area contributed by atoms with Gasteiger partial charge in [-0.25, -0.2) is 4.39 Å². The van der Waals surface area contributed by atoms with Gasteiger partial charge in [-0.1, -0.05) is 24.6 Å². The lowest BCUT2D eigenvalue weighted by atomic mass is 9.91. The van der Waals surface area contributed by atoms with Crippen LogP contribution in [0.15, 0.2) is 29.8 Å². The Morgan fingerprint density at radius 2 is 2.10 bits per heavy atom. The molecule has 1 aliphatic rings. The third kappa shape index (κ3) is 5.28. The summed E-state index contributed by atoms with van der Waals surface area (Å²) in [5.74, 6) is -0.123. The molecule has 0 aliphatic heterocycles. The van der Waals surface area contributed by atoms with Crippen LogP contribution in [-0.2, 0) is 6.42 Å². The first kappa shape index (κ1) is 16.2. The van der Waals surface area contributed by atoms with Crippen molar-refractivity contribution in [1.82, 2.24) is 5.32 Å². The Kier molecular flexibility index (Phi) is 6.44. The first-order valence-electron chi connectivity index (χ1n) is 8.35. The zero-order chi connectivity index (χ0) is 15.1. The smallest absolute Gasteiger partial charge is 0.123 e. The van der Waals surface area contributed by atoms with E-state index in [1.807, 2.05) is 6.07 Å². The molecule has 116 valence electrons. The number of rotatable bonds is 7. The van der Waals surface area contributed by atoms with Crippen molar-refractivity contribution in [2.24, 2.45) is 0 Å². The number of nitrogens with one attached hydrogen (secondary N) is 1. The normalized spacial score (nSPS) is 16.6. The molecular weight excluding hydrogens is 261 g/mol. The molecule has 0 saturated carbocycles. The fraction of sp³-hybridized carbons (Fsp3) is 0.579. The Labute approximate surface area is 128 Å². The van der Waals surface area contributed by atoms with Crippen LogP contribution in [-0.4, -0.2) is 12.6 Å². The van der Waals surface area contributed by atoms with Crippen LogP contribution in [0.4, 0.5) is 4.39 Å². The number of aryl methyl sites for hydroxylation is 1. The van der Waals surface area contributed by atoms with Gasteiger partial charge in [0.05, 0.1) is 0 Å². The summed E-state index contributed by atoms with van der Waals surface area (Å²) in [6.07, 6.45) is 10.7. The summed E-state index contributed by atoms with van der Waals surface area (Å²) in [6.45, 7) is 5.30. The molecule has 1 aliphatic carbocycles.